The second-order valence-corrected chi connectivity index (χ2v) is 8.99. The number of para-hydroxylation sites is 1. The maximum Gasteiger partial charge on any atom is 0.183 e. The quantitative estimate of drug-likeness (QED) is 0.838. The lowest BCUT2D eigenvalue weighted by Gasteiger charge is -2.52. The molecule has 6 heteroatoms. The van der Waals surface area contributed by atoms with Crippen molar-refractivity contribution in [2.45, 2.75) is 44.5 Å². The van der Waals surface area contributed by atoms with E-state index in [1.54, 1.807) is 18.4 Å². The molecule has 0 unspecified atom stereocenters. The molecule has 3 aliphatic heterocycles. The number of hydrogen-bond acceptors (Lipinski definition) is 6. The van der Waals surface area contributed by atoms with Crippen molar-refractivity contribution in [3.8, 4) is 11.5 Å². The predicted octanol–water partition coefficient (Wildman–Crippen LogP) is 4.25. The van der Waals surface area contributed by atoms with E-state index in [2.05, 4.69) is 64.9 Å². The topological polar surface area (TPSA) is 37.0 Å². The molecule has 148 valence electrons. The van der Waals surface area contributed by atoms with Crippen LogP contribution in [-0.4, -0.2) is 41.9 Å². The van der Waals surface area contributed by atoms with Crippen molar-refractivity contribution in [3.63, 3.8) is 0 Å². The number of fused-ring (bicyclic) bond motifs is 4. The van der Waals surface area contributed by atoms with Crippen LogP contribution in [0.4, 0.5) is 0 Å². The molecule has 0 saturated carbocycles. The summed E-state index contributed by atoms with van der Waals surface area (Å²) in [5.41, 5.74) is 5.66. The summed E-state index contributed by atoms with van der Waals surface area (Å²) in [6.07, 6.45) is 4.25. The first-order valence-corrected chi connectivity index (χ1v) is 10.9. The van der Waals surface area contributed by atoms with Gasteiger partial charge in [-0.15, -0.1) is 11.3 Å². The second-order valence-electron chi connectivity index (χ2n) is 8.04. The van der Waals surface area contributed by atoms with Crippen molar-refractivity contribution in [1.82, 2.24) is 15.3 Å². The molecule has 0 amide bonds. The van der Waals surface area contributed by atoms with Crippen molar-refractivity contribution in [2.75, 3.05) is 20.2 Å². The Bertz CT molecular complexity index is 885. The van der Waals surface area contributed by atoms with Crippen LogP contribution in [0.5, 0.6) is 11.5 Å². The molecule has 4 heterocycles. The highest BCUT2D eigenvalue weighted by atomic mass is 32.1. The van der Waals surface area contributed by atoms with Crippen LogP contribution in [0, 0.1) is 0 Å². The Morgan fingerprint density at radius 1 is 1.21 bits per heavy atom. The lowest BCUT2D eigenvalue weighted by Crippen LogP contribution is -2.64. The maximum absolute atomic E-state index is 6.77. The maximum atomic E-state index is 6.77. The highest BCUT2D eigenvalue weighted by molar-refractivity contribution is 7.11. The summed E-state index contributed by atoms with van der Waals surface area (Å²) in [7, 11) is 1.72. The fourth-order valence-electron chi connectivity index (χ4n) is 4.63. The first-order chi connectivity index (χ1) is 13.6. The summed E-state index contributed by atoms with van der Waals surface area (Å²) in [6.45, 7) is 6.60. The minimum absolute atomic E-state index is 0.140. The lowest BCUT2D eigenvalue weighted by molar-refractivity contribution is -0.162. The molecule has 1 saturated heterocycles. The van der Waals surface area contributed by atoms with Gasteiger partial charge < -0.3 is 19.8 Å². The lowest BCUT2D eigenvalue weighted by atomic mass is 9.92. The fraction of sp³-hybridized carbons (Fsp3) is 0.455. The van der Waals surface area contributed by atoms with Gasteiger partial charge in [-0.05, 0) is 37.4 Å². The minimum Gasteiger partial charge on any atom is -0.493 e. The van der Waals surface area contributed by atoms with Crippen LogP contribution >= 0.6 is 11.3 Å². The Balaban J connectivity index is 1.56. The number of nitrogens with zero attached hydrogens (tertiary/aromatic N) is 2. The molecule has 0 bridgehead atoms. The molecule has 1 atom stereocenters. The van der Waals surface area contributed by atoms with Crippen LogP contribution in [0.2, 0.25) is 0 Å². The zero-order valence-corrected chi connectivity index (χ0v) is 17.5. The van der Waals surface area contributed by atoms with E-state index in [1.807, 2.05) is 6.07 Å². The predicted molar refractivity (Wildman–Crippen MR) is 112 cm³/mol. The summed E-state index contributed by atoms with van der Waals surface area (Å²) in [5, 5.41) is 4.47. The molecule has 1 aromatic carbocycles. The standard InChI is InChI=1S/C22H27N3O2S/c1-15(2)24-11-9-22(10-12-24)25-18(14-17(23-25)20-8-5-13-28-20)16-6-4-7-19(26-3)21(16)27-22/h4-8,13-15,18,23H,9-12H2,1-3H3/t18-/m0/s1. The van der Waals surface area contributed by atoms with E-state index in [0.29, 0.717) is 6.04 Å². The van der Waals surface area contributed by atoms with Crippen LogP contribution in [0.15, 0.2) is 41.8 Å². The van der Waals surface area contributed by atoms with Gasteiger partial charge in [0.15, 0.2) is 17.2 Å². The summed E-state index contributed by atoms with van der Waals surface area (Å²) >= 11 is 1.76. The number of benzene rings is 1. The molecule has 1 aromatic heterocycles. The molecule has 0 radical (unpaired) electrons. The van der Waals surface area contributed by atoms with Crippen LogP contribution < -0.4 is 14.9 Å². The minimum atomic E-state index is -0.368. The van der Waals surface area contributed by atoms with E-state index in [9.17, 15) is 0 Å². The van der Waals surface area contributed by atoms with E-state index < -0.39 is 0 Å². The van der Waals surface area contributed by atoms with Crippen molar-refractivity contribution in [2.24, 2.45) is 0 Å². The molecular weight excluding hydrogens is 370 g/mol. The van der Waals surface area contributed by atoms with Gasteiger partial charge in [-0.25, -0.2) is 0 Å². The first-order valence-electron chi connectivity index (χ1n) is 10.0. The summed E-state index contributed by atoms with van der Waals surface area (Å²) in [5.74, 6) is 1.72. The van der Waals surface area contributed by atoms with Gasteiger partial charge in [0, 0.05) is 37.5 Å². The Hall–Kier alpha value is -2.02. The van der Waals surface area contributed by atoms with Gasteiger partial charge in [-0.3, -0.25) is 0 Å². The Kier molecular flexibility index (Phi) is 4.38. The van der Waals surface area contributed by atoms with E-state index in [1.165, 1.54) is 10.6 Å². The van der Waals surface area contributed by atoms with E-state index in [-0.39, 0.29) is 11.8 Å². The third kappa shape index (κ3) is 2.74. The molecule has 1 spiro atoms. The molecule has 3 aliphatic rings. The SMILES string of the molecule is COc1cccc2c1OC1(CCN(C(C)C)CC1)N1NC(c3cccs3)=C[C@@H]21. The average Bonchev–Trinajstić information content (AvgIpc) is 3.38. The molecule has 5 nitrogen and oxygen atoms in total. The van der Waals surface area contributed by atoms with Gasteiger partial charge in [0.1, 0.15) is 0 Å². The van der Waals surface area contributed by atoms with Crippen molar-refractivity contribution in [1.29, 1.82) is 0 Å². The number of hydrogen-bond donors (Lipinski definition) is 1. The van der Waals surface area contributed by atoms with Gasteiger partial charge in [0.25, 0.3) is 0 Å². The third-order valence-electron chi connectivity index (χ3n) is 6.22. The number of ether oxygens (including phenoxy) is 2. The summed E-state index contributed by atoms with van der Waals surface area (Å²) in [6, 6.07) is 11.2. The van der Waals surface area contributed by atoms with Crippen LogP contribution in [-0.2, 0) is 0 Å². The largest absolute Gasteiger partial charge is 0.493 e. The number of hydrazine groups is 1. The monoisotopic (exact) mass is 397 g/mol. The molecule has 1 fully saturated rings. The third-order valence-corrected chi connectivity index (χ3v) is 7.12. The first kappa shape index (κ1) is 18.0. The van der Waals surface area contributed by atoms with Gasteiger partial charge >= 0.3 is 0 Å². The number of thiophene rings is 1. The number of rotatable bonds is 3. The van der Waals surface area contributed by atoms with E-state index in [4.69, 9.17) is 9.47 Å². The normalized spacial score (nSPS) is 23.7. The molecule has 5 rings (SSSR count). The fourth-order valence-corrected chi connectivity index (χ4v) is 5.33. The number of likely N-dealkylation sites (tertiary alicyclic amines) is 1. The number of nitrogens with one attached hydrogen (secondary N) is 1. The van der Waals surface area contributed by atoms with Crippen molar-refractivity contribution < 1.29 is 9.47 Å². The van der Waals surface area contributed by atoms with Crippen molar-refractivity contribution >= 4 is 17.0 Å². The Labute approximate surface area is 170 Å². The van der Waals surface area contributed by atoms with Crippen LogP contribution in [0.25, 0.3) is 5.70 Å². The Morgan fingerprint density at radius 2 is 2.04 bits per heavy atom. The van der Waals surface area contributed by atoms with E-state index in [0.717, 1.165) is 43.0 Å². The molecule has 0 aliphatic carbocycles. The van der Waals surface area contributed by atoms with Crippen LogP contribution in [0.3, 0.4) is 0 Å². The molecule has 2 aromatic rings. The van der Waals surface area contributed by atoms with E-state index >= 15 is 0 Å². The van der Waals surface area contributed by atoms with Gasteiger partial charge in [-0.2, -0.15) is 5.01 Å². The number of piperidine rings is 1. The zero-order chi connectivity index (χ0) is 19.3. The van der Waals surface area contributed by atoms with Gasteiger partial charge in [0.05, 0.1) is 23.7 Å². The highest BCUT2D eigenvalue weighted by Crippen LogP contribution is 2.51. The summed E-state index contributed by atoms with van der Waals surface area (Å²) in [4.78, 5) is 3.79. The molecule has 1 N–H and O–H groups in total. The molecular formula is C22H27N3O2S. The second kappa shape index (κ2) is 6.79. The van der Waals surface area contributed by atoms with Gasteiger partial charge in [-0.1, -0.05) is 18.2 Å². The average molecular weight is 398 g/mol. The summed E-state index contributed by atoms with van der Waals surface area (Å²) < 4.78 is 12.4. The van der Waals surface area contributed by atoms with Crippen LogP contribution in [0.1, 0.15) is 43.2 Å². The zero-order valence-electron chi connectivity index (χ0n) is 16.6. The highest BCUT2D eigenvalue weighted by Gasteiger charge is 2.52. The van der Waals surface area contributed by atoms with Gasteiger partial charge in [0.2, 0.25) is 0 Å². The number of methoxy groups -OCH3 is 1. The smallest absolute Gasteiger partial charge is 0.183 e. The van der Waals surface area contributed by atoms with Crippen molar-refractivity contribution in [3.05, 3.63) is 52.2 Å². The Morgan fingerprint density at radius 3 is 2.71 bits per heavy atom. The molecule has 28 heavy (non-hydrogen) atoms.